The SMILES string of the molecule is CN1CCCCC1COc1nc(CN)cc2ccccc12. The largest absolute Gasteiger partial charge is 0.476 e. The van der Waals surface area contributed by atoms with E-state index in [0.29, 0.717) is 25.1 Å². The Labute approximate surface area is 125 Å². The van der Waals surface area contributed by atoms with Gasteiger partial charge in [-0.15, -0.1) is 0 Å². The molecule has 0 radical (unpaired) electrons. The fraction of sp³-hybridized carbons (Fsp3) is 0.471. The average Bonchev–Trinajstić information content (AvgIpc) is 2.53. The molecule has 0 bridgehead atoms. The first-order chi connectivity index (χ1) is 10.3. The normalized spacial score (nSPS) is 19.8. The summed E-state index contributed by atoms with van der Waals surface area (Å²) in [7, 11) is 2.18. The number of fused-ring (bicyclic) bond motifs is 1. The zero-order valence-corrected chi connectivity index (χ0v) is 12.6. The summed E-state index contributed by atoms with van der Waals surface area (Å²) in [6, 6.07) is 10.7. The molecule has 1 fully saturated rings. The third-order valence-electron chi connectivity index (χ3n) is 4.30. The van der Waals surface area contributed by atoms with Gasteiger partial charge in [-0.25, -0.2) is 4.98 Å². The first-order valence-electron chi connectivity index (χ1n) is 7.69. The van der Waals surface area contributed by atoms with E-state index in [1.807, 2.05) is 18.2 Å². The van der Waals surface area contributed by atoms with Crippen LogP contribution in [-0.4, -0.2) is 36.1 Å². The second-order valence-corrected chi connectivity index (χ2v) is 5.79. The number of likely N-dealkylation sites (N-methyl/N-ethyl adjacent to an activating group) is 1. The van der Waals surface area contributed by atoms with Crippen LogP contribution in [0.4, 0.5) is 0 Å². The number of benzene rings is 1. The number of hydrogen-bond acceptors (Lipinski definition) is 4. The topological polar surface area (TPSA) is 51.4 Å². The number of aromatic nitrogens is 1. The van der Waals surface area contributed by atoms with Crippen molar-refractivity contribution in [2.45, 2.75) is 31.8 Å². The van der Waals surface area contributed by atoms with Gasteiger partial charge >= 0.3 is 0 Å². The van der Waals surface area contributed by atoms with E-state index in [0.717, 1.165) is 23.0 Å². The summed E-state index contributed by atoms with van der Waals surface area (Å²) in [6.45, 7) is 2.29. The number of rotatable bonds is 4. The highest BCUT2D eigenvalue weighted by molar-refractivity contribution is 5.87. The van der Waals surface area contributed by atoms with Crippen LogP contribution in [-0.2, 0) is 6.54 Å². The van der Waals surface area contributed by atoms with Gasteiger partial charge in [-0.3, -0.25) is 0 Å². The Morgan fingerprint density at radius 1 is 1.33 bits per heavy atom. The van der Waals surface area contributed by atoms with E-state index in [4.69, 9.17) is 10.5 Å². The van der Waals surface area contributed by atoms with Gasteiger partial charge in [0.05, 0.1) is 5.69 Å². The molecule has 0 spiro atoms. The molecular weight excluding hydrogens is 262 g/mol. The minimum atomic E-state index is 0.435. The van der Waals surface area contributed by atoms with Gasteiger partial charge in [0, 0.05) is 18.0 Å². The Hall–Kier alpha value is -1.65. The highest BCUT2D eigenvalue weighted by Crippen LogP contribution is 2.25. The van der Waals surface area contributed by atoms with Crippen molar-refractivity contribution in [2.24, 2.45) is 5.73 Å². The van der Waals surface area contributed by atoms with Gasteiger partial charge in [0.2, 0.25) is 5.88 Å². The molecule has 4 heteroatoms. The third-order valence-corrected chi connectivity index (χ3v) is 4.30. The molecule has 1 aliphatic rings. The van der Waals surface area contributed by atoms with Gasteiger partial charge in [-0.2, -0.15) is 0 Å². The van der Waals surface area contributed by atoms with E-state index in [9.17, 15) is 0 Å². The van der Waals surface area contributed by atoms with Crippen molar-refractivity contribution in [3.05, 3.63) is 36.0 Å². The quantitative estimate of drug-likeness (QED) is 0.938. The van der Waals surface area contributed by atoms with Gasteiger partial charge in [0.1, 0.15) is 6.61 Å². The minimum absolute atomic E-state index is 0.435. The van der Waals surface area contributed by atoms with Crippen molar-refractivity contribution >= 4 is 10.8 Å². The molecule has 0 amide bonds. The van der Waals surface area contributed by atoms with E-state index in [2.05, 4.69) is 29.1 Å². The van der Waals surface area contributed by atoms with Crippen molar-refractivity contribution < 1.29 is 4.74 Å². The Bertz CT molecular complexity index is 614. The molecule has 2 heterocycles. The summed E-state index contributed by atoms with van der Waals surface area (Å²) < 4.78 is 6.06. The Morgan fingerprint density at radius 3 is 3.00 bits per heavy atom. The van der Waals surface area contributed by atoms with Crippen LogP contribution in [0.1, 0.15) is 25.0 Å². The first-order valence-corrected chi connectivity index (χ1v) is 7.69. The number of nitrogens with two attached hydrogens (primary N) is 1. The molecule has 1 unspecified atom stereocenters. The number of piperidine rings is 1. The van der Waals surface area contributed by atoms with Crippen LogP contribution in [0.15, 0.2) is 30.3 Å². The number of likely N-dealkylation sites (tertiary alicyclic amines) is 1. The number of pyridine rings is 1. The number of hydrogen-bond donors (Lipinski definition) is 1. The molecule has 0 saturated carbocycles. The molecule has 3 rings (SSSR count). The monoisotopic (exact) mass is 285 g/mol. The maximum atomic E-state index is 6.06. The van der Waals surface area contributed by atoms with Crippen LogP contribution in [0.2, 0.25) is 0 Å². The number of nitrogens with zero attached hydrogens (tertiary/aromatic N) is 2. The van der Waals surface area contributed by atoms with Gasteiger partial charge in [0.15, 0.2) is 0 Å². The van der Waals surface area contributed by atoms with E-state index < -0.39 is 0 Å². The van der Waals surface area contributed by atoms with Crippen LogP contribution < -0.4 is 10.5 Å². The van der Waals surface area contributed by atoms with Gasteiger partial charge in [-0.05, 0) is 44.0 Å². The predicted molar refractivity (Wildman–Crippen MR) is 85.4 cm³/mol. The third kappa shape index (κ3) is 3.17. The second kappa shape index (κ2) is 6.41. The van der Waals surface area contributed by atoms with Crippen LogP contribution in [0.5, 0.6) is 5.88 Å². The second-order valence-electron chi connectivity index (χ2n) is 5.79. The van der Waals surface area contributed by atoms with E-state index in [1.54, 1.807) is 0 Å². The standard InChI is InChI=1S/C17H23N3O/c1-20-9-5-4-7-15(20)12-21-17-16-8-3-2-6-13(16)10-14(11-18)19-17/h2-3,6,8,10,15H,4-5,7,9,11-12,18H2,1H3. The summed E-state index contributed by atoms with van der Waals surface area (Å²) in [5.74, 6) is 0.715. The van der Waals surface area contributed by atoms with Crippen LogP contribution >= 0.6 is 0 Å². The van der Waals surface area contributed by atoms with E-state index >= 15 is 0 Å². The van der Waals surface area contributed by atoms with Crippen molar-refractivity contribution in [1.29, 1.82) is 0 Å². The highest BCUT2D eigenvalue weighted by atomic mass is 16.5. The lowest BCUT2D eigenvalue weighted by molar-refractivity contribution is 0.123. The van der Waals surface area contributed by atoms with E-state index in [1.165, 1.54) is 19.3 Å². The maximum absolute atomic E-state index is 6.06. The van der Waals surface area contributed by atoms with Gasteiger partial charge < -0.3 is 15.4 Å². The van der Waals surface area contributed by atoms with Crippen LogP contribution in [0, 0.1) is 0 Å². The molecule has 1 atom stereocenters. The fourth-order valence-corrected chi connectivity index (χ4v) is 2.96. The number of ether oxygens (including phenoxy) is 1. The lowest BCUT2D eigenvalue weighted by Gasteiger charge is -2.32. The highest BCUT2D eigenvalue weighted by Gasteiger charge is 2.20. The molecule has 2 N–H and O–H groups in total. The van der Waals surface area contributed by atoms with E-state index in [-0.39, 0.29) is 0 Å². The molecule has 1 saturated heterocycles. The zero-order chi connectivity index (χ0) is 14.7. The molecule has 0 aliphatic carbocycles. The Kier molecular flexibility index (Phi) is 4.36. The molecular formula is C17H23N3O. The van der Waals surface area contributed by atoms with Gasteiger partial charge in [-0.1, -0.05) is 24.6 Å². The average molecular weight is 285 g/mol. The Balaban J connectivity index is 1.82. The zero-order valence-electron chi connectivity index (χ0n) is 12.6. The smallest absolute Gasteiger partial charge is 0.221 e. The minimum Gasteiger partial charge on any atom is -0.476 e. The molecule has 1 aliphatic heterocycles. The summed E-state index contributed by atoms with van der Waals surface area (Å²) in [4.78, 5) is 6.95. The lowest BCUT2D eigenvalue weighted by Crippen LogP contribution is -2.40. The van der Waals surface area contributed by atoms with Crippen molar-refractivity contribution in [1.82, 2.24) is 9.88 Å². The summed E-state index contributed by atoms with van der Waals surface area (Å²) in [6.07, 6.45) is 3.78. The molecule has 2 aromatic rings. The predicted octanol–water partition coefficient (Wildman–Crippen LogP) is 2.56. The summed E-state index contributed by atoms with van der Waals surface area (Å²) in [5.41, 5.74) is 6.62. The first kappa shape index (κ1) is 14.3. The van der Waals surface area contributed by atoms with Crippen molar-refractivity contribution in [3.8, 4) is 5.88 Å². The van der Waals surface area contributed by atoms with Crippen LogP contribution in [0.3, 0.4) is 0 Å². The summed E-state index contributed by atoms with van der Waals surface area (Å²) in [5, 5.41) is 2.20. The molecule has 1 aromatic carbocycles. The van der Waals surface area contributed by atoms with Crippen LogP contribution in [0.25, 0.3) is 10.8 Å². The molecule has 21 heavy (non-hydrogen) atoms. The Morgan fingerprint density at radius 2 is 2.19 bits per heavy atom. The molecule has 112 valence electrons. The molecule has 1 aromatic heterocycles. The molecule has 4 nitrogen and oxygen atoms in total. The fourth-order valence-electron chi connectivity index (χ4n) is 2.96. The summed E-state index contributed by atoms with van der Waals surface area (Å²) >= 11 is 0. The van der Waals surface area contributed by atoms with Gasteiger partial charge in [0.25, 0.3) is 0 Å². The maximum Gasteiger partial charge on any atom is 0.221 e. The van der Waals surface area contributed by atoms with Crippen molar-refractivity contribution in [2.75, 3.05) is 20.2 Å². The van der Waals surface area contributed by atoms with Crippen molar-refractivity contribution in [3.63, 3.8) is 0 Å². The lowest BCUT2D eigenvalue weighted by atomic mass is 10.0.